The van der Waals surface area contributed by atoms with E-state index in [1.165, 1.54) is 11.3 Å². The highest BCUT2D eigenvalue weighted by atomic mass is 32.1. The maximum Gasteiger partial charge on any atom is 0.294 e. The number of rotatable bonds is 5. The summed E-state index contributed by atoms with van der Waals surface area (Å²) < 4.78 is 7.16. The SMILES string of the molecule is COc1cccc(-c2nn(CC(=O)Nc3ccccc3)c(=O)c3nc(C)sc23)c1. The van der Waals surface area contributed by atoms with Crippen molar-refractivity contribution in [3.05, 3.63) is 70.0 Å². The van der Waals surface area contributed by atoms with Crippen LogP contribution >= 0.6 is 11.3 Å². The second-order valence-corrected chi connectivity index (χ2v) is 7.57. The highest BCUT2D eigenvalue weighted by Gasteiger charge is 2.18. The molecule has 0 saturated heterocycles. The van der Waals surface area contributed by atoms with Gasteiger partial charge in [-0.2, -0.15) is 5.10 Å². The zero-order valence-corrected chi connectivity index (χ0v) is 16.7. The largest absolute Gasteiger partial charge is 0.497 e. The topological polar surface area (TPSA) is 86.1 Å². The fourth-order valence-corrected chi connectivity index (χ4v) is 3.91. The molecule has 0 aliphatic rings. The standard InChI is InChI=1S/C21H18N4O3S/c1-13-22-19-20(29-13)18(14-7-6-10-16(11-14)28-2)24-25(21(19)27)12-17(26)23-15-8-4-3-5-9-15/h3-11H,12H2,1-2H3,(H,23,26). The summed E-state index contributed by atoms with van der Waals surface area (Å²) in [5, 5.41) is 8.03. The van der Waals surface area contributed by atoms with E-state index in [9.17, 15) is 9.59 Å². The molecule has 29 heavy (non-hydrogen) atoms. The van der Waals surface area contributed by atoms with Crippen LogP contribution in [0.15, 0.2) is 59.4 Å². The number of para-hydroxylation sites is 1. The normalized spacial score (nSPS) is 10.8. The zero-order valence-electron chi connectivity index (χ0n) is 15.9. The summed E-state index contributed by atoms with van der Waals surface area (Å²) in [6, 6.07) is 16.5. The average molecular weight is 406 g/mol. The number of amides is 1. The zero-order chi connectivity index (χ0) is 20.4. The predicted octanol–water partition coefficient (Wildman–Crippen LogP) is 3.48. The van der Waals surface area contributed by atoms with Crippen LogP contribution in [0.5, 0.6) is 5.75 Å². The van der Waals surface area contributed by atoms with Crippen LogP contribution in [0.2, 0.25) is 0 Å². The molecule has 0 bridgehead atoms. The second kappa shape index (κ2) is 7.84. The first-order chi connectivity index (χ1) is 14.0. The first kappa shape index (κ1) is 18.8. The number of hydrogen-bond acceptors (Lipinski definition) is 6. The Morgan fingerprint density at radius 2 is 1.97 bits per heavy atom. The minimum absolute atomic E-state index is 0.211. The summed E-state index contributed by atoms with van der Waals surface area (Å²) in [7, 11) is 1.59. The van der Waals surface area contributed by atoms with Gasteiger partial charge in [-0.25, -0.2) is 9.67 Å². The molecule has 1 amide bonds. The lowest BCUT2D eigenvalue weighted by atomic mass is 10.1. The smallest absolute Gasteiger partial charge is 0.294 e. The first-order valence-corrected chi connectivity index (χ1v) is 9.74. The van der Waals surface area contributed by atoms with E-state index in [1.54, 1.807) is 19.2 Å². The average Bonchev–Trinajstić information content (AvgIpc) is 3.12. The Kier molecular flexibility index (Phi) is 5.09. The van der Waals surface area contributed by atoms with Crippen molar-refractivity contribution in [1.82, 2.24) is 14.8 Å². The number of nitrogens with one attached hydrogen (secondary N) is 1. The summed E-state index contributed by atoms with van der Waals surface area (Å²) in [5.41, 5.74) is 1.96. The van der Waals surface area contributed by atoms with Crippen molar-refractivity contribution in [3.63, 3.8) is 0 Å². The lowest BCUT2D eigenvalue weighted by Crippen LogP contribution is -2.30. The van der Waals surface area contributed by atoms with Crippen molar-refractivity contribution in [2.45, 2.75) is 13.5 Å². The molecule has 0 fully saturated rings. The summed E-state index contributed by atoms with van der Waals surface area (Å²) in [5.74, 6) is 0.340. The lowest BCUT2D eigenvalue weighted by Gasteiger charge is -2.10. The molecule has 0 spiro atoms. The van der Waals surface area contributed by atoms with Crippen molar-refractivity contribution in [1.29, 1.82) is 0 Å². The van der Waals surface area contributed by atoms with Crippen LogP contribution in [-0.4, -0.2) is 27.8 Å². The van der Waals surface area contributed by atoms with Crippen LogP contribution in [0.3, 0.4) is 0 Å². The number of aromatic nitrogens is 3. The van der Waals surface area contributed by atoms with Gasteiger partial charge in [0.05, 0.1) is 16.8 Å². The minimum atomic E-state index is -0.390. The molecule has 0 atom stereocenters. The van der Waals surface area contributed by atoms with Gasteiger partial charge in [0.15, 0.2) is 5.52 Å². The summed E-state index contributed by atoms with van der Waals surface area (Å²) >= 11 is 1.40. The molecule has 146 valence electrons. The maximum absolute atomic E-state index is 12.9. The van der Waals surface area contributed by atoms with Crippen molar-refractivity contribution in [2.24, 2.45) is 0 Å². The molecule has 0 unspecified atom stereocenters. The number of anilines is 1. The van der Waals surface area contributed by atoms with E-state index in [0.717, 1.165) is 15.3 Å². The van der Waals surface area contributed by atoms with Gasteiger partial charge >= 0.3 is 0 Å². The summed E-state index contributed by atoms with van der Waals surface area (Å²) in [6.45, 7) is 1.63. The summed E-state index contributed by atoms with van der Waals surface area (Å²) in [4.78, 5) is 29.7. The van der Waals surface area contributed by atoms with Gasteiger partial charge in [0.25, 0.3) is 5.56 Å². The number of ether oxygens (including phenoxy) is 1. The van der Waals surface area contributed by atoms with E-state index in [2.05, 4.69) is 15.4 Å². The molecule has 4 aromatic rings. The molecule has 0 aliphatic carbocycles. The summed E-state index contributed by atoms with van der Waals surface area (Å²) in [6.07, 6.45) is 0. The molecule has 0 radical (unpaired) electrons. The number of hydrogen-bond donors (Lipinski definition) is 1. The number of aryl methyl sites for hydroxylation is 1. The van der Waals surface area contributed by atoms with Gasteiger partial charge < -0.3 is 10.1 Å². The number of benzene rings is 2. The van der Waals surface area contributed by atoms with Crippen LogP contribution in [0.25, 0.3) is 21.5 Å². The van der Waals surface area contributed by atoms with Gasteiger partial charge in [0, 0.05) is 11.3 Å². The maximum atomic E-state index is 12.9. The van der Waals surface area contributed by atoms with Crippen molar-refractivity contribution >= 4 is 33.1 Å². The van der Waals surface area contributed by atoms with Crippen LogP contribution < -0.4 is 15.6 Å². The van der Waals surface area contributed by atoms with Crippen LogP contribution in [0.4, 0.5) is 5.69 Å². The van der Waals surface area contributed by atoms with E-state index in [0.29, 0.717) is 27.3 Å². The third kappa shape index (κ3) is 3.88. The van der Waals surface area contributed by atoms with Gasteiger partial charge in [-0.05, 0) is 31.2 Å². The number of nitrogens with zero attached hydrogens (tertiary/aromatic N) is 3. The Bertz CT molecular complexity index is 1250. The minimum Gasteiger partial charge on any atom is -0.497 e. The Morgan fingerprint density at radius 1 is 1.17 bits per heavy atom. The Balaban J connectivity index is 1.77. The first-order valence-electron chi connectivity index (χ1n) is 8.93. The third-order valence-electron chi connectivity index (χ3n) is 4.30. The Labute approximate surface area is 170 Å². The van der Waals surface area contributed by atoms with Gasteiger partial charge in [-0.15, -0.1) is 11.3 Å². The Morgan fingerprint density at radius 3 is 2.72 bits per heavy atom. The van der Waals surface area contributed by atoms with Gasteiger partial charge in [-0.3, -0.25) is 9.59 Å². The van der Waals surface area contributed by atoms with E-state index in [1.807, 2.05) is 49.4 Å². The Hall–Kier alpha value is -3.52. The highest BCUT2D eigenvalue weighted by Crippen LogP contribution is 2.31. The second-order valence-electron chi connectivity index (χ2n) is 6.37. The van der Waals surface area contributed by atoms with Gasteiger partial charge in [0.1, 0.15) is 18.0 Å². The monoisotopic (exact) mass is 406 g/mol. The molecular formula is C21H18N4O3S. The van der Waals surface area contributed by atoms with Gasteiger partial charge in [0.2, 0.25) is 5.91 Å². The number of carbonyl (C=O) groups is 1. The fraction of sp³-hybridized carbons (Fsp3) is 0.143. The third-order valence-corrected chi connectivity index (χ3v) is 5.28. The molecule has 1 N–H and O–H groups in total. The van der Waals surface area contributed by atoms with Crippen molar-refractivity contribution in [3.8, 4) is 17.0 Å². The van der Waals surface area contributed by atoms with Crippen molar-refractivity contribution in [2.75, 3.05) is 12.4 Å². The molecule has 8 heteroatoms. The molecule has 2 aromatic carbocycles. The number of carbonyl (C=O) groups excluding carboxylic acids is 1. The quantitative estimate of drug-likeness (QED) is 0.548. The molecule has 2 heterocycles. The van der Waals surface area contributed by atoms with Gasteiger partial charge in [-0.1, -0.05) is 30.3 Å². The molecule has 7 nitrogen and oxygen atoms in total. The fourth-order valence-electron chi connectivity index (χ4n) is 2.99. The number of methoxy groups -OCH3 is 1. The van der Waals surface area contributed by atoms with Crippen LogP contribution in [-0.2, 0) is 11.3 Å². The molecule has 2 aromatic heterocycles. The highest BCUT2D eigenvalue weighted by molar-refractivity contribution is 7.19. The van der Waals surface area contributed by atoms with Crippen LogP contribution in [0.1, 0.15) is 5.01 Å². The van der Waals surface area contributed by atoms with E-state index in [4.69, 9.17) is 4.74 Å². The number of fused-ring (bicyclic) bond motifs is 1. The van der Waals surface area contributed by atoms with Crippen LogP contribution in [0, 0.1) is 6.92 Å². The molecule has 0 saturated carbocycles. The van der Waals surface area contributed by atoms with E-state index in [-0.39, 0.29) is 18.0 Å². The van der Waals surface area contributed by atoms with E-state index >= 15 is 0 Å². The van der Waals surface area contributed by atoms with Crippen molar-refractivity contribution < 1.29 is 9.53 Å². The molecular weight excluding hydrogens is 388 g/mol. The lowest BCUT2D eigenvalue weighted by molar-refractivity contribution is -0.117. The van der Waals surface area contributed by atoms with E-state index < -0.39 is 0 Å². The predicted molar refractivity (Wildman–Crippen MR) is 113 cm³/mol. The molecule has 4 rings (SSSR count). The molecule has 0 aliphatic heterocycles. The number of thiazole rings is 1.